The summed E-state index contributed by atoms with van der Waals surface area (Å²) in [7, 11) is 0. The zero-order valence-corrected chi connectivity index (χ0v) is 10.1. The van der Waals surface area contributed by atoms with Crippen molar-refractivity contribution in [2.45, 2.75) is 32.7 Å². The van der Waals surface area contributed by atoms with E-state index in [1.807, 2.05) is 6.92 Å². The Morgan fingerprint density at radius 1 is 1.59 bits per heavy atom. The smallest absolute Gasteiger partial charge is 0.309 e. The molecule has 0 radical (unpaired) electrons. The monoisotopic (exact) mass is 238 g/mol. The highest BCUT2D eigenvalue weighted by atomic mass is 16.5. The van der Waals surface area contributed by atoms with Gasteiger partial charge in [0.05, 0.1) is 11.6 Å². The number of rotatable bonds is 4. The van der Waals surface area contributed by atoms with Crippen LogP contribution in [0.25, 0.3) is 0 Å². The highest BCUT2D eigenvalue weighted by molar-refractivity contribution is 5.74. The standard InChI is InChI=1S/C12H18N2O3/c1-2-12(11(15)16)3-5-14(6-4-12)8-10-7-13-17-9-10/h7,9H,2-6,8H2,1H3,(H,15,16). The van der Waals surface area contributed by atoms with Crippen molar-refractivity contribution in [2.24, 2.45) is 5.41 Å². The number of aliphatic carboxylic acids is 1. The van der Waals surface area contributed by atoms with Crippen LogP contribution in [0.5, 0.6) is 0 Å². The second kappa shape index (κ2) is 4.87. The number of hydrogen-bond acceptors (Lipinski definition) is 4. The Balaban J connectivity index is 1.91. The molecule has 0 atom stereocenters. The number of carboxylic acid groups (broad SMARTS) is 1. The fourth-order valence-electron chi connectivity index (χ4n) is 2.42. The summed E-state index contributed by atoms with van der Waals surface area (Å²) >= 11 is 0. The maximum Gasteiger partial charge on any atom is 0.309 e. The molecule has 94 valence electrons. The van der Waals surface area contributed by atoms with Crippen LogP contribution in [0.2, 0.25) is 0 Å². The van der Waals surface area contributed by atoms with Gasteiger partial charge in [0.1, 0.15) is 6.26 Å². The van der Waals surface area contributed by atoms with Gasteiger partial charge in [0.25, 0.3) is 0 Å². The van der Waals surface area contributed by atoms with Gasteiger partial charge in [0.15, 0.2) is 0 Å². The minimum Gasteiger partial charge on any atom is -0.481 e. The van der Waals surface area contributed by atoms with Gasteiger partial charge in [-0.25, -0.2) is 0 Å². The fourth-order valence-corrected chi connectivity index (χ4v) is 2.42. The van der Waals surface area contributed by atoms with Gasteiger partial charge in [0.2, 0.25) is 0 Å². The molecule has 2 heterocycles. The SMILES string of the molecule is CCC1(C(=O)O)CCN(Cc2cnoc2)CC1. The summed E-state index contributed by atoms with van der Waals surface area (Å²) < 4.78 is 4.79. The van der Waals surface area contributed by atoms with Gasteiger partial charge >= 0.3 is 5.97 Å². The summed E-state index contributed by atoms with van der Waals surface area (Å²) in [4.78, 5) is 13.5. The minimum absolute atomic E-state index is 0.509. The number of nitrogens with zero attached hydrogens (tertiary/aromatic N) is 2. The molecule has 17 heavy (non-hydrogen) atoms. The molecule has 1 N–H and O–H groups in total. The van der Waals surface area contributed by atoms with Crippen LogP contribution in [0, 0.1) is 5.41 Å². The highest BCUT2D eigenvalue weighted by Crippen LogP contribution is 2.35. The first-order chi connectivity index (χ1) is 8.16. The molecule has 5 nitrogen and oxygen atoms in total. The van der Waals surface area contributed by atoms with Gasteiger partial charge in [-0.1, -0.05) is 12.1 Å². The van der Waals surface area contributed by atoms with Crippen LogP contribution in [-0.4, -0.2) is 34.2 Å². The average molecular weight is 238 g/mol. The van der Waals surface area contributed by atoms with Crippen LogP contribution in [0.3, 0.4) is 0 Å². The van der Waals surface area contributed by atoms with Gasteiger partial charge < -0.3 is 9.63 Å². The predicted octanol–water partition coefficient (Wildman–Crippen LogP) is 1.75. The number of aromatic nitrogens is 1. The van der Waals surface area contributed by atoms with Crippen LogP contribution in [0.4, 0.5) is 0 Å². The van der Waals surface area contributed by atoms with Gasteiger partial charge in [-0.3, -0.25) is 9.69 Å². The molecule has 0 bridgehead atoms. The molecule has 1 aliphatic heterocycles. The topological polar surface area (TPSA) is 66.6 Å². The summed E-state index contributed by atoms with van der Waals surface area (Å²) in [6, 6.07) is 0. The lowest BCUT2D eigenvalue weighted by molar-refractivity contribution is -0.152. The lowest BCUT2D eigenvalue weighted by Gasteiger charge is -2.38. The molecule has 0 saturated carbocycles. The maximum atomic E-state index is 11.3. The second-order valence-corrected chi connectivity index (χ2v) is 4.75. The number of piperidine rings is 1. The number of likely N-dealkylation sites (tertiary alicyclic amines) is 1. The molecule has 0 aromatic carbocycles. The minimum atomic E-state index is -0.648. The van der Waals surface area contributed by atoms with Crippen LogP contribution in [0.15, 0.2) is 17.0 Å². The molecule has 0 unspecified atom stereocenters. The molecule has 0 amide bonds. The summed E-state index contributed by atoms with van der Waals surface area (Å²) in [5, 5.41) is 13.0. The quantitative estimate of drug-likeness (QED) is 0.865. The highest BCUT2D eigenvalue weighted by Gasteiger charge is 2.39. The first kappa shape index (κ1) is 12.1. The largest absolute Gasteiger partial charge is 0.481 e. The van der Waals surface area contributed by atoms with E-state index in [9.17, 15) is 9.90 Å². The molecule has 0 aliphatic carbocycles. The molecule has 1 aromatic rings. The Kier molecular flexibility index (Phi) is 3.47. The van der Waals surface area contributed by atoms with Crippen molar-refractivity contribution in [3.63, 3.8) is 0 Å². The van der Waals surface area contributed by atoms with E-state index in [-0.39, 0.29) is 0 Å². The van der Waals surface area contributed by atoms with Gasteiger partial charge in [-0.2, -0.15) is 0 Å². The lowest BCUT2D eigenvalue weighted by atomic mass is 9.76. The Labute approximate surface area is 100 Å². The van der Waals surface area contributed by atoms with E-state index in [2.05, 4.69) is 10.1 Å². The van der Waals surface area contributed by atoms with E-state index in [1.165, 1.54) is 0 Å². The number of carboxylic acids is 1. The van der Waals surface area contributed by atoms with Gasteiger partial charge in [0, 0.05) is 12.1 Å². The van der Waals surface area contributed by atoms with Crippen molar-refractivity contribution in [3.8, 4) is 0 Å². The third kappa shape index (κ3) is 2.49. The molecular weight excluding hydrogens is 220 g/mol. The molecule has 1 saturated heterocycles. The zero-order chi connectivity index (χ0) is 12.3. The summed E-state index contributed by atoms with van der Waals surface area (Å²) in [6.07, 6.45) is 5.51. The Bertz CT molecular complexity index is 367. The van der Waals surface area contributed by atoms with Crippen LogP contribution in [-0.2, 0) is 11.3 Å². The van der Waals surface area contributed by atoms with Crippen LogP contribution >= 0.6 is 0 Å². The Hall–Kier alpha value is -1.36. The normalized spacial score (nSPS) is 20.3. The van der Waals surface area contributed by atoms with Crippen LogP contribution in [0.1, 0.15) is 31.7 Å². The van der Waals surface area contributed by atoms with E-state index in [0.717, 1.165) is 38.0 Å². The number of hydrogen-bond donors (Lipinski definition) is 1. The average Bonchev–Trinajstić information content (AvgIpc) is 2.83. The Morgan fingerprint density at radius 3 is 2.76 bits per heavy atom. The molecule has 2 rings (SSSR count). The van der Waals surface area contributed by atoms with Crippen molar-refractivity contribution in [3.05, 3.63) is 18.0 Å². The predicted molar refractivity (Wildman–Crippen MR) is 61.4 cm³/mol. The van der Waals surface area contributed by atoms with Crippen molar-refractivity contribution < 1.29 is 14.4 Å². The lowest BCUT2D eigenvalue weighted by Crippen LogP contribution is -2.43. The van der Waals surface area contributed by atoms with Crippen molar-refractivity contribution in [1.29, 1.82) is 0 Å². The molecule has 1 fully saturated rings. The first-order valence-electron chi connectivity index (χ1n) is 6.00. The molecule has 1 aromatic heterocycles. The molecule has 1 aliphatic rings. The maximum absolute atomic E-state index is 11.3. The summed E-state index contributed by atoms with van der Waals surface area (Å²) in [5.41, 5.74) is 0.537. The third-order valence-electron chi connectivity index (χ3n) is 3.83. The summed E-state index contributed by atoms with van der Waals surface area (Å²) in [5.74, 6) is -0.648. The molecule has 0 spiro atoms. The van der Waals surface area contributed by atoms with E-state index in [1.54, 1.807) is 12.5 Å². The second-order valence-electron chi connectivity index (χ2n) is 4.75. The summed E-state index contributed by atoms with van der Waals surface area (Å²) in [6.45, 7) is 4.41. The molecule has 5 heteroatoms. The Morgan fingerprint density at radius 2 is 2.29 bits per heavy atom. The van der Waals surface area contributed by atoms with E-state index in [0.29, 0.717) is 6.42 Å². The van der Waals surface area contributed by atoms with Gasteiger partial charge in [-0.15, -0.1) is 0 Å². The van der Waals surface area contributed by atoms with Crippen LogP contribution < -0.4 is 0 Å². The van der Waals surface area contributed by atoms with Crippen molar-refractivity contribution >= 4 is 5.97 Å². The number of carbonyl (C=O) groups is 1. The van der Waals surface area contributed by atoms with E-state index in [4.69, 9.17) is 4.52 Å². The van der Waals surface area contributed by atoms with Crippen molar-refractivity contribution in [2.75, 3.05) is 13.1 Å². The molecular formula is C12H18N2O3. The van der Waals surface area contributed by atoms with E-state index < -0.39 is 11.4 Å². The van der Waals surface area contributed by atoms with E-state index >= 15 is 0 Å². The fraction of sp³-hybridized carbons (Fsp3) is 0.667. The van der Waals surface area contributed by atoms with Crippen molar-refractivity contribution in [1.82, 2.24) is 10.1 Å². The third-order valence-corrected chi connectivity index (χ3v) is 3.83. The van der Waals surface area contributed by atoms with Gasteiger partial charge in [-0.05, 0) is 32.4 Å². The first-order valence-corrected chi connectivity index (χ1v) is 6.00. The zero-order valence-electron chi connectivity index (χ0n) is 10.1.